The van der Waals surface area contributed by atoms with Gasteiger partial charge in [0.25, 0.3) is 0 Å². The van der Waals surface area contributed by atoms with E-state index in [0.717, 1.165) is 32.0 Å². The maximum absolute atomic E-state index is 5.20. The van der Waals surface area contributed by atoms with E-state index in [4.69, 9.17) is 9.78 Å². The highest BCUT2D eigenvalue weighted by molar-refractivity contribution is 4.80. The summed E-state index contributed by atoms with van der Waals surface area (Å²) in [6.45, 7) is 2.89. The zero-order valence-corrected chi connectivity index (χ0v) is 7.97. The van der Waals surface area contributed by atoms with E-state index in [1.54, 1.807) is 0 Å². The lowest BCUT2D eigenvalue weighted by atomic mass is 9.98. The van der Waals surface area contributed by atoms with Crippen molar-refractivity contribution in [2.24, 2.45) is 0 Å². The van der Waals surface area contributed by atoms with Crippen molar-refractivity contribution in [3.8, 4) is 0 Å². The van der Waals surface area contributed by atoms with Gasteiger partial charge in [0.05, 0.1) is 6.61 Å². The smallest absolute Gasteiger partial charge is 0.135 e. The molecule has 1 rings (SSSR count). The first-order chi connectivity index (χ1) is 5.93. The van der Waals surface area contributed by atoms with Gasteiger partial charge in [0.1, 0.15) is 6.10 Å². The minimum Gasteiger partial charge on any atom is -0.236 e. The van der Waals surface area contributed by atoms with Crippen molar-refractivity contribution in [1.29, 1.82) is 0 Å². The Kier molecular flexibility index (Phi) is 5.37. The van der Waals surface area contributed by atoms with E-state index < -0.39 is 0 Å². The predicted molar refractivity (Wildman–Crippen MR) is 48.3 cm³/mol. The van der Waals surface area contributed by atoms with Gasteiger partial charge in [-0.2, -0.15) is 0 Å². The molecule has 0 aromatic rings. The summed E-state index contributed by atoms with van der Waals surface area (Å²) in [5, 5.41) is 0. The molecule has 0 aliphatic heterocycles. The molecular formula is C10H19O2. The van der Waals surface area contributed by atoms with Gasteiger partial charge >= 0.3 is 0 Å². The van der Waals surface area contributed by atoms with E-state index in [-0.39, 0.29) is 0 Å². The second-order valence-electron chi connectivity index (χ2n) is 3.36. The van der Waals surface area contributed by atoms with Gasteiger partial charge in [-0.25, -0.2) is 9.78 Å². The van der Waals surface area contributed by atoms with Gasteiger partial charge in [0, 0.05) is 0 Å². The van der Waals surface area contributed by atoms with Crippen LogP contribution < -0.4 is 0 Å². The van der Waals surface area contributed by atoms with Gasteiger partial charge in [-0.05, 0) is 19.3 Å². The molecule has 2 nitrogen and oxygen atoms in total. The third-order valence-corrected chi connectivity index (χ3v) is 2.17. The lowest BCUT2D eigenvalue weighted by Crippen LogP contribution is -2.09. The van der Waals surface area contributed by atoms with Crippen LogP contribution in [-0.2, 0) is 9.78 Å². The molecule has 0 N–H and O–H groups in total. The molecule has 0 atom stereocenters. The molecule has 0 aromatic heterocycles. The third-order valence-electron chi connectivity index (χ3n) is 2.17. The van der Waals surface area contributed by atoms with Crippen molar-refractivity contribution in [3.05, 3.63) is 6.10 Å². The fourth-order valence-corrected chi connectivity index (χ4v) is 1.36. The molecule has 0 heterocycles. The van der Waals surface area contributed by atoms with Gasteiger partial charge < -0.3 is 0 Å². The summed E-state index contributed by atoms with van der Waals surface area (Å²) < 4.78 is 0. The first-order valence-corrected chi connectivity index (χ1v) is 5.07. The molecule has 2 heteroatoms. The summed E-state index contributed by atoms with van der Waals surface area (Å²) >= 11 is 0. The van der Waals surface area contributed by atoms with Crippen LogP contribution in [0, 0.1) is 6.10 Å². The number of hydrogen-bond acceptors (Lipinski definition) is 2. The van der Waals surface area contributed by atoms with Gasteiger partial charge in [-0.15, -0.1) is 0 Å². The molecular weight excluding hydrogens is 152 g/mol. The molecule has 12 heavy (non-hydrogen) atoms. The van der Waals surface area contributed by atoms with E-state index in [2.05, 4.69) is 6.92 Å². The van der Waals surface area contributed by atoms with E-state index in [0.29, 0.717) is 0 Å². The largest absolute Gasteiger partial charge is 0.236 e. The summed E-state index contributed by atoms with van der Waals surface area (Å²) in [6, 6.07) is 0. The van der Waals surface area contributed by atoms with E-state index in [9.17, 15) is 0 Å². The molecule has 1 saturated carbocycles. The van der Waals surface area contributed by atoms with Gasteiger partial charge in [-0.3, -0.25) is 0 Å². The quantitative estimate of drug-likeness (QED) is 0.359. The topological polar surface area (TPSA) is 18.5 Å². The maximum Gasteiger partial charge on any atom is 0.135 e. The van der Waals surface area contributed by atoms with Crippen LogP contribution >= 0.6 is 0 Å². The average Bonchev–Trinajstić information content (AvgIpc) is 2.14. The Bertz CT molecular complexity index is 98.0. The first kappa shape index (κ1) is 10.0. The first-order valence-electron chi connectivity index (χ1n) is 5.07. The van der Waals surface area contributed by atoms with Crippen LogP contribution in [0.2, 0.25) is 0 Å². The van der Waals surface area contributed by atoms with Crippen molar-refractivity contribution in [2.45, 2.75) is 51.9 Å². The molecule has 0 spiro atoms. The fraction of sp³-hybridized carbons (Fsp3) is 0.900. The lowest BCUT2D eigenvalue weighted by Gasteiger charge is -2.19. The van der Waals surface area contributed by atoms with E-state index in [1.165, 1.54) is 25.7 Å². The Morgan fingerprint density at radius 1 is 1.17 bits per heavy atom. The molecule has 1 aliphatic carbocycles. The Morgan fingerprint density at radius 2 is 1.92 bits per heavy atom. The van der Waals surface area contributed by atoms with E-state index >= 15 is 0 Å². The third kappa shape index (κ3) is 4.07. The van der Waals surface area contributed by atoms with E-state index in [1.807, 2.05) is 0 Å². The van der Waals surface area contributed by atoms with Crippen molar-refractivity contribution >= 4 is 0 Å². The monoisotopic (exact) mass is 171 g/mol. The number of rotatable bonds is 5. The van der Waals surface area contributed by atoms with Crippen LogP contribution in [0.25, 0.3) is 0 Å². The Morgan fingerprint density at radius 3 is 2.58 bits per heavy atom. The highest BCUT2D eigenvalue weighted by Gasteiger charge is 2.15. The van der Waals surface area contributed by atoms with Crippen LogP contribution in [0.4, 0.5) is 0 Å². The van der Waals surface area contributed by atoms with Crippen LogP contribution in [0.15, 0.2) is 0 Å². The SMILES string of the molecule is CCCCOO[C]1CCCCC1. The van der Waals surface area contributed by atoms with Gasteiger partial charge in [-0.1, -0.05) is 32.6 Å². The molecule has 1 radical (unpaired) electrons. The molecule has 0 bridgehead atoms. The Hall–Kier alpha value is -0.0800. The summed E-state index contributed by atoms with van der Waals surface area (Å²) in [7, 11) is 0. The van der Waals surface area contributed by atoms with Crippen molar-refractivity contribution in [3.63, 3.8) is 0 Å². The Labute approximate surface area is 75.2 Å². The molecule has 1 fully saturated rings. The zero-order valence-electron chi connectivity index (χ0n) is 7.97. The minimum absolute atomic E-state index is 0.736. The number of hydrogen-bond donors (Lipinski definition) is 0. The normalized spacial score (nSPS) is 19.8. The molecule has 0 saturated heterocycles. The van der Waals surface area contributed by atoms with Gasteiger partial charge in [0.15, 0.2) is 0 Å². The average molecular weight is 171 g/mol. The van der Waals surface area contributed by atoms with Crippen molar-refractivity contribution in [1.82, 2.24) is 0 Å². The minimum atomic E-state index is 0.736. The highest BCUT2D eigenvalue weighted by Crippen LogP contribution is 2.26. The van der Waals surface area contributed by atoms with Crippen molar-refractivity contribution < 1.29 is 9.78 Å². The van der Waals surface area contributed by atoms with Crippen molar-refractivity contribution in [2.75, 3.05) is 6.61 Å². The predicted octanol–water partition coefficient (Wildman–Crippen LogP) is 3.23. The van der Waals surface area contributed by atoms with Crippen LogP contribution in [0.3, 0.4) is 0 Å². The van der Waals surface area contributed by atoms with Crippen LogP contribution in [-0.4, -0.2) is 6.61 Å². The summed E-state index contributed by atoms with van der Waals surface area (Å²) in [6.07, 6.45) is 9.50. The molecule has 71 valence electrons. The summed E-state index contributed by atoms with van der Waals surface area (Å²) in [5.74, 6) is 0. The second-order valence-corrected chi connectivity index (χ2v) is 3.36. The molecule has 0 aromatic carbocycles. The van der Waals surface area contributed by atoms with Crippen LogP contribution in [0.5, 0.6) is 0 Å². The second kappa shape index (κ2) is 6.44. The van der Waals surface area contributed by atoms with Gasteiger partial charge in [0.2, 0.25) is 0 Å². The fourth-order valence-electron chi connectivity index (χ4n) is 1.36. The number of unbranched alkanes of at least 4 members (excludes halogenated alkanes) is 1. The highest BCUT2D eigenvalue weighted by atomic mass is 17.2. The summed E-state index contributed by atoms with van der Waals surface area (Å²) in [5.41, 5.74) is 0. The zero-order chi connectivity index (χ0) is 8.65. The maximum atomic E-state index is 5.20. The summed E-state index contributed by atoms with van der Waals surface area (Å²) in [4.78, 5) is 10.3. The molecule has 0 unspecified atom stereocenters. The lowest BCUT2D eigenvalue weighted by molar-refractivity contribution is -0.292. The standard InChI is InChI=1S/C10H19O2/c1-2-3-9-11-12-10-7-5-4-6-8-10/h2-9H2,1H3. The molecule has 1 aliphatic rings. The Balaban J connectivity index is 1.91. The van der Waals surface area contributed by atoms with Crippen LogP contribution in [0.1, 0.15) is 51.9 Å². The molecule has 0 amide bonds.